The van der Waals surface area contributed by atoms with Gasteiger partial charge in [0, 0.05) is 24.2 Å². The van der Waals surface area contributed by atoms with E-state index in [0.717, 1.165) is 38.5 Å². The van der Waals surface area contributed by atoms with Crippen LogP contribution in [0.4, 0.5) is 0 Å². The third kappa shape index (κ3) is 4.55. The predicted octanol–water partition coefficient (Wildman–Crippen LogP) is 5.86. The van der Waals surface area contributed by atoms with E-state index in [-0.39, 0.29) is 23.2 Å². The molecule has 0 amide bonds. The number of nitrogens with two attached hydrogens (primary N) is 1. The van der Waals surface area contributed by atoms with Crippen molar-refractivity contribution in [2.75, 3.05) is 6.54 Å². The molecule has 164 valence electrons. The van der Waals surface area contributed by atoms with Gasteiger partial charge in [-0.25, -0.2) is 0 Å². The molecule has 1 saturated carbocycles. The smallest absolute Gasteiger partial charge is 0.147 e. The molecular weight excluding hydrogens is 358 g/mol. The normalized spacial score (nSPS) is 35.7. The number of hydrogen-bond donors (Lipinski definition) is 1. The van der Waals surface area contributed by atoms with Crippen molar-refractivity contribution in [3.8, 4) is 0 Å². The molecule has 0 radical (unpaired) electrons. The largest absolute Gasteiger partial charge is 0.330 e. The molecule has 0 saturated heterocycles. The van der Waals surface area contributed by atoms with Crippen LogP contribution in [-0.4, -0.2) is 18.1 Å². The molecule has 3 aliphatic carbocycles. The highest BCUT2D eigenvalue weighted by Crippen LogP contribution is 2.50. The van der Waals surface area contributed by atoms with E-state index in [4.69, 9.17) is 5.73 Å². The van der Waals surface area contributed by atoms with E-state index in [2.05, 4.69) is 27.7 Å². The standard InChI is InChI=1S/C26H43NO2/c1-17(2)26(4)14-12-18(3)16-23(26)24(28)11-10-21-19-8-6-5-7-9-20(19)22(13-15-27)25(21)29/h17-18,21-23H,5-16,27H2,1-4H3/t18-,21?,22?,23+,26-/m1/s1. The average molecular weight is 402 g/mol. The third-order valence-electron chi connectivity index (χ3n) is 8.79. The minimum Gasteiger partial charge on any atom is -0.330 e. The predicted molar refractivity (Wildman–Crippen MR) is 119 cm³/mol. The number of ketones is 2. The molecule has 0 aliphatic heterocycles. The molecule has 0 aromatic heterocycles. The lowest BCUT2D eigenvalue weighted by Crippen LogP contribution is -2.42. The first-order chi connectivity index (χ1) is 13.8. The number of rotatable bonds is 7. The Hall–Kier alpha value is -0.960. The average Bonchev–Trinajstić information content (AvgIpc) is 2.83. The Morgan fingerprint density at radius 2 is 1.72 bits per heavy atom. The van der Waals surface area contributed by atoms with Crippen molar-refractivity contribution >= 4 is 11.6 Å². The van der Waals surface area contributed by atoms with Crippen molar-refractivity contribution < 1.29 is 9.59 Å². The second kappa shape index (κ2) is 9.45. The third-order valence-corrected chi connectivity index (χ3v) is 8.79. The van der Waals surface area contributed by atoms with E-state index < -0.39 is 0 Å². The second-order valence-corrected chi connectivity index (χ2v) is 10.8. The number of Topliss-reactive ketones (excluding diaryl/α,β-unsaturated/α-hetero) is 2. The lowest BCUT2D eigenvalue weighted by Gasteiger charge is -2.46. The molecule has 2 unspecified atom stereocenters. The van der Waals surface area contributed by atoms with Crippen LogP contribution >= 0.6 is 0 Å². The molecule has 0 aromatic rings. The van der Waals surface area contributed by atoms with Crippen molar-refractivity contribution in [2.24, 2.45) is 40.7 Å². The summed E-state index contributed by atoms with van der Waals surface area (Å²) in [5.74, 6) is 2.14. The maximum absolute atomic E-state index is 13.4. The zero-order chi connectivity index (χ0) is 21.2. The van der Waals surface area contributed by atoms with Crippen LogP contribution < -0.4 is 5.73 Å². The summed E-state index contributed by atoms with van der Waals surface area (Å²) in [6, 6.07) is 0. The van der Waals surface area contributed by atoms with Gasteiger partial charge in [-0.15, -0.1) is 0 Å². The lowest BCUT2D eigenvalue weighted by atomic mass is 9.58. The van der Waals surface area contributed by atoms with Crippen LogP contribution in [-0.2, 0) is 9.59 Å². The van der Waals surface area contributed by atoms with E-state index in [0.29, 0.717) is 36.4 Å². The summed E-state index contributed by atoms with van der Waals surface area (Å²) in [5.41, 5.74) is 8.76. The Kier molecular flexibility index (Phi) is 7.41. The van der Waals surface area contributed by atoms with Crippen molar-refractivity contribution in [3.05, 3.63) is 11.1 Å². The first-order valence-corrected chi connectivity index (χ1v) is 12.3. The molecule has 3 aliphatic rings. The Morgan fingerprint density at radius 1 is 1.10 bits per heavy atom. The van der Waals surface area contributed by atoms with Crippen LogP contribution in [0.15, 0.2) is 11.1 Å². The van der Waals surface area contributed by atoms with Gasteiger partial charge >= 0.3 is 0 Å². The summed E-state index contributed by atoms with van der Waals surface area (Å²) in [6.45, 7) is 9.75. The molecule has 3 rings (SSSR count). The summed E-state index contributed by atoms with van der Waals surface area (Å²) in [5, 5.41) is 0. The quantitative estimate of drug-likeness (QED) is 0.544. The van der Waals surface area contributed by atoms with Crippen LogP contribution in [0.25, 0.3) is 0 Å². The van der Waals surface area contributed by atoms with E-state index in [9.17, 15) is 9.59 Å². The number of carbonyl (C=O) groups excluding carboxylic acids is 2. The van der Waals surface area contributed by atoms with E-state index in [1.54, 1.807) is 0 Å². The number of hydrogen-bond acceptors (Lipinski definition) is 3. The Bertz CT molecular complexity index is 649. The van der Waals surface area contributed by atoms with Gasteiger partial charge in [0.15, 0.2) is 0 Å². The lowest BCUT2D eigenvalue weighted by molar-refractivity contribution is -0.132. The molecule has 1 fully saturated rings. The zero-order valence-electron chi connectivity index (χ0n) is 19.3. The number of carbonyl (C=O) groups is 2. The van der Waals surface area contributed by atoms with Crippen molar-refractivity contribution in [2.45, 2.75) is 98.3 Å². The Labute approximate surface area is 178 Å². The first kappa shape index (κ1) is 22.7. The van der Waals surface area contributed by atoms with Gasteiger partial charge in [0.1, 0.15) is 11.6 Å². The molecule has 2 N–H and O–H groups in total. The molecule has 3 heteroatoms. The van der Waals surface area contributed by atoms with Gasteiger partial charge in [0.25, 0.3) is 0 Å². The molecule has 0 heterocycles. The van der Waals surface area contributed by atoms with Crippen molar-refractivity contribution in [1.82, 2.24) is 0 Å². The fourth-order valence-corrected chi connectivity index (χ4v) is 6.48. The van der Waals surface area contributed by atoms with E-state index in [1.165, 1.54) is 36.8 Å². The van der Waals surface area contributed by atoms with Crippen molar-refractivity contribution in [1.29, 1.82) is 0 Å². The molecule has 0 spiro atoms. The van der Waals surface area contributed by atoms with Crippen LogP contribution in [0.1, 0.15) is 98.3 Å². The monoisotopic (exact) mass is 401 g/mol. The summed E-state index contributed by atoms with van der Waals surface area (Å²) in [4.78, 5) is 26.7. The minimum absolute atomic E-state index is 0.00470. The Morgan fingerprint density at radius 3 is 2.31 bits per heavy atom. The van der Waals surface area contributed by atoms with Crippen molar-refractivity contribution in [3.63, 3.8) is 0 Å². The SMILES string of the molecule is CC(C)[C@@]1(C)CC[C@@H](C)C[C@H]1C(=O)CCC1C(=O)C(CCN)C2=C1CCCCC2. The highest BCUT2D eigenvalue weighted by molar-refractivity contribution is 5.93. The highest BCUT2D eigenvalue weighted by Gasteiger charge is 2.45. The van der Waals surface area contributed by atoms with Gasteiger partial charge < -0.3 is 5.73 Å². The van der Waals surface area contributed by atoms with E-state index in [1.807, 2.05) is 0 Å². The topological polar surface area (TPSA) is 60.2 Å². The van der Waals surface area contributed by atoms with Crippen LogP contribution in [0.5, 0.6) is 0 Å². The van der Waals surface area contributed by atoms with Gasteiger partial charge in [-0.3, -0.25) is 9.59 Å². The summed E-state index contributed by atoms with van der Waals surface area (Å²) in [6.07, 6.45) is 11.3. The summed E-state index contributed by atoms with van der Waals surface area (Å²) in [7, 11) is 0. The summed E-state index contributed by atoms with van der Waals surface area (Å²) < 4.78 is 0. The molecule has 29 heavy (non-hydrogen) atoms. The molecule has 3 nitrogen and oxygen atoms in total. The molecule has 0 bridgehead atoms. The molecular formula is C26H43NO2. The van der Waals surface area contributed by atoms with Crippen LogP contribution in [0.3, 0.4) is 0 Å². The maximum Gasteiger partial charge on any atom is 0.147 e. The number of allylic oxidation sites excluding steroid dienone is 2. The summed E-state index contributed by atoms with van der Waals surface area (Å²) >= 11 is 0. The van der Waals surface area contributed by atoms with Gasteiger partial charge in [-0.05, 0) is 75.2 Å². The van der Waals surface area contributed by atoms with Crippen LogP contribution in [0, 0.1) is 35.0 Å². The maximum atomic E-state index is 13.4. The molecule has 0 aromatic carbocycles. The van der Waals surface area contributed by atoms with Gasteiger partial charge in [-0.1, -0.05) is 51.7 Å². The zero-order valence-corrected chi connectivity index (χ0v) is 19.3. The highest BCUT2D eigenvalue weighted by atomic mass is 16.1. The molecule has 5 atom stereocenters. The van der Waals surface area contributed by atoms with Gasteiger partial charge in [0.2, 0.25) is 0 Å². The fourth-order valence-electron chi connectivity index (χ4n) is 6.48. The Balaban J connectivity index is 1.73. The van der Waals surface area contributed by atoms with E-state index >= 15 is 0 Å². The van der Waals surface area contributed by atoms with Gasteiger partial charge in [0.05, 0.1) is 0 Å². The minimum atomic E-state index is -0.00470. The first-order valence-electron chi connectivity index (χ1n) is 12.3. The van der Waals surface area contributed by atoms with Gasteiger partial charge in [-0.2, -0.15) is 0 Å². The fraction of sp³-hybridized carbons (Fsp3) is 0.846. The van der Waals surface area contributed by atoms with Crippen LogP contribution in [0.2, 0.25) is 0 Å². The second-order valence-electron chi connectivity index (χ2n) is 10.8.